The Kier molecular flexibility index (Phi) is 5.74. The number of ether oxygens (including phenoxy) is 1. The standard InChI is InChI=1S/C22H28N2O2/c1-17-7-6-8-18(15-17)19-9-4-5-10-20(19)21(25)23-16-22(24(2)3)11-13-26-14-12-22/h4-10,15H,11-14,16H2,1-3H3,(H,23,25). The monoisotopic (exact) mass is 352 g/mol. The number of aryl methyl sites for hydroxylation is 1. The molecule has 2 aromatic rings. The predicted octanol–water partition coefficient (Wildman–Crippen LogP) is 3.50. The van der Waals surface area contributed by atoms with E-state index in [0.29, 0.717) is 6.54 Å². The van der Waals surface area contributed by atoms with Crippen LogP contribution in [0.15, 0.2) is 48.5 Å². The van der Waals surface area contributed by atoms with E-state index in [9.17, 15) is 4.79 Å². The summed E-state index contributed by atoms with van der Waals surface area (Å²) in [5, 5.41) is 3.18. The molecule has 1 N–H and O–H groups in total. The lowest BCUT2D eigenvalue weighted by Gasteiger charge is -2.42. The van der Waals surface area contributed by atoms with Gasteiger partial charge in [0.2, 0.25) is 0 Å². The van der Waals surface area contributed by atoms with Gasteiger partial charge in [-0.2, -0.15) is 0 Å². The van der Waals surface area contributed by atoms with Crippen molar-refractivity contribution < 1.29 is 9.53 Å². The zero-order valence-corrected chi connectivity index (χ0v) is 15.9. The summed E-state index contributed by atoms with van der Waals surface area (Å²) in [4.78, 5) is 15.2. The molecule has 1 heterocycles. The summed E-state index contributed by atoms with van der Waals surface area (Å²) in [5.41, 5.74) is 3.92. The molecule has 4 nitrogen and oxygen atoms in total. The van der Waals surface area contributed by atoms with Crippen LogP contribution in [0.25, 0.3) is 11.1 Å². The number of hydrogen-bond acceptors (Lipinski definition) is 3. The number of likely N-dealkylation sites (N-methyl/N-ethyl adjacent to an activating group) is 1. The third-order valence-electron chi connectivity index (χ3n) is 5.45. The number of benzene rings is 2. The molecule has 1 aliphatic rings. The molecule has 1 amide bonds. The number of hydrogen-bond donors (Lipinski definition) is 1. The Morgan fingerprint density at radius 2 is 1.85 bits per heavy atom. The molecule has 2 aromatic carbocycles. The van der Waals surface area contributed by atoms with E-state index in [0.717, 1.165) is 42.7 Å². The smallest absolute Gasteiger partial charge is 0.251 e. The van der Waals surface area contributed by atoms with Crippen molar-refractivity contribution in [3.05, 3.63) is 59.7 Å². The van der Waals surface area contributed by atoms with Crippen LogP contribution < -0.4 is 5.32 Å². The zero-order valence-electron chi connectivity index (χ0n) is 15.9. The highest BCUT2D eigenvalue weighted by atomic mass is 16.5. The first-order valence-electron chi connectivity index (χ1n) is 9.21. The van der Waals surface area contributed by atoms with Gasteiger partial charge in [-0.1, -0.05) is 48.0 Å². The number of carbonyl (C=O) groups is 1. The van der Waals surface area contributed by atoms with Crippen molar-refractivity contribution in [2.45, 2.75) is 25.3 Å². The number of amides is 1. The van der Waals surface area contributed by atoms with Crippen LogP contribution >= 0.6 is 0 Å². The molecule has 3 rings (SSSR count). The first-order valence-corrected chi connectivity index (χ1v) is 9.21. The Labute approximate surface area is 156 Å². The molecule has 0 bridgehead atoms. The molecule has 0 unspecified atom stereocenters. The van der Waals surface area contributed by atoms with Crippen LogP contribution in [-0.4, -0.2) is 50.2 Å². The Morgan fingerprint density at radius 3 is 2.54 bits per heavy atom. The maximum Gasteiger partial charge on any atom is 0.251 e. The van der Waals surface area contributed by atoms with Gasteiger partial charge in [-0.25, -0.2) is 0 Å². The molecular formula is C22H28N2O2. The Morgan fingerprint density at radius 1 is 1.12 bits per heavy atom. The topological polar surface area (TPSA) is 41.6 Å². The van der Waals surface area contributed by atoms with Gasteiger partial charge in [-0.05, 0) is 51.1 Å². The van der Waals surface area contributed by atoms with Gasteiger partial charge in [0, 0.05) is 30.9 Å². The van der Waals surface area contributed by atoms with Crippen molar-refractivity contribution in [2.75, 3.05) is 33.9 Å². The largest absolute Gasteiger partial charge is 0.381 e. The lowest BCUT2D eigenvalue weighted by molar-refractivity contribution is -0.00657. The molecule has 1 saturated heterocycles. The van der Waals surface area contributed by atoms with Crippen LogP contribution in [0.1, 0.15) is 28.8 Å². The first-order chi connectivity index (χ1) is 12.5. The molecule has 0 aliphatic carbocycles. The molecule has 26 heavy (non-hydrogen) atoms. The summed E-state index contributed by atoms with van der Waals surface area (Å²) < 4.78 is 5.52. The SMILES string of the molecule is Cc1cccc(-c2ccccc2C(=O)NCC2(N(C)C)CCOCC2)c1. The van der Waals surface area contributed by atoms with Gasteiger partial charge in [-0.3, -0.25) is 4.79 Å². The van der Waals surface area contributed by atoms with Crippen LogP contribution in [0.5, 0.6) is 0 Å². The van der Waals surface area contributed by atoms with Crippen LogP contribution in [0.3, 0.4) is 0 Å². The number of rotatable bonds is 5. The van der Waals surface area contributed by atoms with Gasteiger partial charge in [-0.15, -0.1) is 0 Å². The van der Waals surface area contributed by atoms with E-state index in [1.807, 2.05) is 30.3 Å². The van der Waals surface area contributed by atoms with Crippen molar-refractivity contribution in [1.82, 2.24) is 10.2 Å². The third kappa shape index (κ3) is 3.97. The average Bonchev–Trinajstić information content (AvgIpc) is 2.67. The Hall–Kier alpha value is -2.17. The summed E-state index contributed by atoms with van der Waals surface area (Å²) in [5.74, 6) is -0.0187. The molecule has 0 atom stereocenters. The molecule has 4 heteroatoms. The molecule has 0 radical (unpaired) electrons. The van der Waals surface area contributed by atoms with E-state index in [-0.39, 0.29) is 11.4 Å². The van der Waals surface area contributed by atoms with Gasteiger partial charge < -0.3 is 15.0 Å². The van der Waals surface area contributed by atoms with Gasteiger partial charge >= 0.3 is 0 Å². The minimum Gasteiger partial charge on any atom is -0.381 e. The van der Waals surface area contributed by atoms with E-state index in [2.05, 4.69) is 49.4 Å². The molecule has 1 fully saturated rings. The molecule has 0 spiro atoms. The number of carbonyl (C=O) groups excluding carboxylic acids is 1. The fraction of sp³-hybridized carbons (Fsp3) is 0.409. The highest BCUT2D eigenvalue weighted by Crippen LogP contribution is 2.27. The van der Waals surface area contributed by atoms with E-state index in [4.69, 9.17) is 4.74 Å². The van der Waals surface area contributed by atoms with Gasteiger partial charge in [0.15, 0.2) is 0 Å². The van der Waals surface area contributed by atoms with E-state index in [1.165, 1.54) is 5.56 Å². The third-order valence-corrected chi connectivity index (χ3v) is 5.45. The van der Waals surface area contributed by atoms with Crippen molar-refractivity contribution in [2.24, 2.45) is 0 Å². The van der Waals surface area contributed by atoms with Crippen LogP contribution in [0, 0.1) is 6.92 Å². The molecule has 0 saturated carbocycles. The molecular weight excluding hydrogens is 324 g/mol. The Bertz CT molecular complexity index is 764. The van der Waals surface area contributed by atoms with E-state index >= 15 is 0 Å². The summed E-state index contributed by atoms with van der Waals surface area (Å²) in [6.45, 7) is 4.18. The zero-order chi connectivity index (χ0) is 18.6. The fourth-order valence-electron chi connectivity index (χ4n) is 3.62. The van der Waals surface area contributed by atoms with Crippen molar-refractivity contribution in [3.8, 4) is 11.1 Å². The number of nitrogens with one attached hydrogen (secondary N) is 1. The summed E-state index contributed by atoms with van der Waals surface area (Å²) in [7, 11) is 4.16. The van der Waals surface area contributed by atoms with E-state index in [1.54, 1.807) is 0 Å². The van der Waals surface area contributed by atoms with E-state index < -0.39 is 0 Å². The van der Waals surface area contributed by atoms with Crippen LogP contribution in [-0.2, 0) is 4.74 Å². The van der Waals surface area contributed by atoms with Crippen molar-refractivity contribution in [3.63, 3.8) is 0 Å². The summed E-state index contributed by atoms with van der Waals surface area (Å²) in [6.07, 6.45) is 1.86. The summed E-state index contributed by atoms with van der Waals surface area (Å²) in [6, 6.07) is 16.1. The lowest BCUT2D eigenvalue weighted by Crippen LogP contribution is -2.55. The molecule has 1 aliphatic heterocycles. The maximum atomic E-state index is 13.0. The predicted molar refractivity (Wildman–Crippen MR) is 105 cm³/mol. The first kappa shape index (κ1) is 18.6. The lowest BCUT2D eigenvalue weighted by atomic mass is 9.88. The maximum absolute atomic E-state index is 13.0. The second-order valence-electron chi connectivity index (χ2n) is 7.33. The van der Waals surface area contributed by atoms with Gasteiger partial charge in [0.05, 0.1) is 0 Å². The second kappa shape index (κ2) is 8.02. The van der Waals surface area contributed by atoms with Gasteiger partial charge in [0.1, 0.15) is 0 Å². The fourth-order valence-corrected chi connectivity index (χ4v) is 3.62. The minimum atomic E-state index is -0.0355. The van der Waals surface area contributed by atoms with Crippen molar-refractivity contribution in [1.29, 1.82) is 0 Å². The average molecular weight is 352 g/mol. The molecule has 138 valence electrons. The summed E-state index contributed by atoms with van der Waals surface area (Å²) >= 11 is 0. The van der Waals surface area contributed by atoms with Crippen LogP contribution in [0.2, 0.25) is 0 Å². The highest BCUT2D eigenvalue weighted by Gasteiger charge is 2.35. The second-order valence-corrected chi connectivity index (χ2v) is 7.33. The van der Waals surface area contributed by atoms with Crippen molar-refractivity contribution >= 4 is 5.91 Å². The van der Waals surface area contributed by atoms with Crippen LogP contribution in [0.4, 0.5) is 0 Å². The number of nitrogens with zero attached hydrogens (tertiary/aromatic N) is 1. The van der Waals surface area contributed by atoms with Gasteiger partial charge in [0.25, 0.3) is 5.91 Å². The quantitative estimate of drug-likeness (QED) is 0.895. The normalized spacial score (nSPS) is 16.5. The minimum absolute atomic E-state index is 0.0187. The Balaban J connectivity index is 1.80. The highest BCUT2D eigenvalue weighted by molar-refractivity contribution is 6.00. The molecule has 0 aromatic heterocycles.